The first-order chi connectivity index (χ1) is 20.6. The average molecular weight is 590 g/mol. The topological polar surface area (TPSA) is 167 Å². The van der Waals surface area contributed by atoms with Gasteiger partial charge in [0, 0.05) is 36.0 Å². The highest BCUT2D eigenvalue weighted by molar-refractivity contribution is 5.98. The molecule has 4 amide bonds. The summed E-state index contributed by atoms with van der Waals surface area (Å²) in [6.07, 6.45) is -0.157. The van der Waals surface area contributed by atoms with E-state index >= 15 is 0 Å². The third-order valence-corrected chi connectivity index (χ3v) is 8.80. The normalized spacial score (nSPS) is 22.8. The number of hydrogen-bond donors (Lipinski definition) is 5. The van der Waals surface area contributed by atoms with Crippen LogP contribution in [0.5, 0.6) is 0 Å². The molecule has 11 nitrogen and oxygen atoms in total. The van der Waals surface area contributed by atoms with E-state index in [9.17, 15) is 24.3 Å². The lowest BCUT2D eigenvalue weighted by molar-refractivity contribution is -0.146. The molecule has 1 aliphatic heterocycles. The second-order valence-corrected chi connectivity index (χ2v) is 11.7. The molecule has 5 atom stereocenters. The maximum Gasteiger partial charge on any atom is 0.408 e. The van der Waals surface area contributed by atoms with E-state index in [2.05, 4.69) is 15.6 Å². The molecule has 2 aliphatic rings. The smallest absolute Gasteiger partial charge is 0.408 e. The van der Waals surface area contributed by atoms with E-state index in [1.165, 1.54) is 4.90 Å². The Morgan fingerprint density at radius 3 is 2.58 bits per heavy atom. The SMILES string of the molecule is CC[C@H](C)[C@H](NC(=O)OCc1ccccc1)C(=O)N[C@]1(C(=O)N2C[C@H](O)C[C@H]2C(N)=O)CCc2[nH]c3ccccc3c2C1. The molecule has 43 heavy (non-hydrogen) atoms. The lowest BCUT2D eigenvalue weighted by Crippen LogP contribution is -2.66. The van der Waals surface area contributed by atoms with Gasteiger partial charge in [0.1, 0.15) is 24.2 Å². The summed E-state index contributed by atoms with van der Waals surface area (Å²) in [5, 5.41) is 17.0. The first kappa shape index (κ1) is 30.1. The van der Waals surface area contributed by atoms with E-state index in [1.54, 1.807) is 0 Å². The molecule has 228 valence electrons. The molecule has 0 unspecified atom stereocenters. The van der Waals surface area contributed by atoms with Crippen molar-refractivity contribution in [2.45, 2.75) is 76.3 Å². The molecule has 1 aliphatic carbocycles. The summed E-state index contributed by atoms with van der Waals surface area (Å²) >= 11 is 0. The quantitative estimate of drug-likeness (QED) is 0.257. The molecule has 0 radical (unpaired) electrons. The number of nitrogens with one attached hydrogen (secondary N) is 3. The number of aliphatic hydroxyl groups excluding tert-OH is 1. The zero-order valence-corrected chi connectivity index (χ0v) is 24.5. The number of likely N-dealkylation sites (tertiary alicyclic amines) is 1. The Balaban J connectivity index is 1.44. The summed E-state index contributed by atoms with van der Waals surface area (Å²) < 4.78 is 5.40. The van der Waals surface area contributed by atoms with Gasteiger partial charge < -0.3 is 36.1 Å². The number of hydrogen-bond acceptors (Lipinski definition) is 6. The number of aromatic nitrogens is 1. The number of alkyl carbamates (subject to hydrolysis) is 1. The van der Waals surface area contributed by atoms with Crippen molar-refractivity contribution in [3.63, 3.8) is 0 Å². The van der Waals surface area contributed by atoms with Gasteiger partial charge in [-0.25, -0.2) is 4.79 Å². The van der Waals surface area contributed by atoms with Gasteiger partial charge in [-0.2, -0.15) is 0 Å². The first-order valence-corrected chi connectivity index (χ1v) is 14.8. The number of primary amides is 1. The largest absolute Gasteiger partial charge is 0.445 e. The van der Waals surface area contributed by atoms with Gasteiger partial charge in [0.25, 0.3) is 0 Å². The minimum absolute atomic E-state index is 0.0355. The Morgan fingerprint density at radius 1 is 1.14 bits per heavy atom. The lowest BCUT2D eigenvalue weighted by atomic mass is 9.78. The van der Waals surface area contributed by atoms with Crippen molar-refractivity contribution in [3.8, 4) is 0 Å². The number of aliphatic hydroxyl groups is 1. The van der Waals surface area contributed by atoms with Gasteiger partial charge in [-0.15, -0.1) is 0 Å². The van der Waals surface area contributed by atoms with E-state index in [0.717, 1.165) is 27.7 Å². The molecule has 1 fully saturated rings. The fraction of sp³-hybridized carbons (Fsp3) is 0.438. The van der Waals surface area contributed by atoms with Crippen molar-refractivity contribution >= 4 is 34.7 Å². The Bertz CT molecular complexity index is 1510. The maximum absolute atomic E-state index is 14.4. The van der Waals surface area contributed by atoms with E-state index in [4.69, 9.17) is 10.5 Å². The van der Waals surface area contributed by atoms with Crippen molar-refractivity contribution in [2.75, 3.05) is 6.54 Å². The van der Waals surface area contributed by atoms with Crippen molar-refractivity contribution < 1.29 is 29.0 Å². The first-order valence-electron chi connectivity index (χ1n) is 14.8. The molecule has 3 aromatic rings. The Morgan fingerprint density at radius 2 is 1.86 bits per heavy atom. The van der Waals surface area contributed by atoms with Gasteiger partial charge in [-0.3, -0.25) is 14.4 Å². The van der Waals surface area contributed by atoms with Crippen LogP contribution >= 0.6 is 0 Å². The number of β-amino-alcohol motifs (C(OH)–C–C–N with tert-alkyl or cyclic N) is 1. The monoisotopic (exact) mass is 589 g/mol. The number of H-pyrrole nitrogens is 1. The van der Waals surface area contributed by atoms with E-state index in [1.807, 2.05) is 68.4 Å². The summed E-state index contributed by atoms with van der Waals surface area (Å²) in [7, 11) is 0. The third kappa shape index (κ3) is 6.22. The van der Waals surface area contributed by atoms with Crippen LogP contribution in [0.1, 0.15) is 49.9 Å². The Kier molecular flexibility index (Phi) is 8.72. The number of nitrogens with zero attached hydrogens (tertiary/aromatic N) is 1. The Labute approximate surface area is 250 Å². The second kappa shape index (κ2) is 12.5. The van der Waals surface area contributed by atoms with Gasteiger partial charge in [0.15, 0.2) is 0 Å². The number of nitrogens with two attached hydrogens (primary N) is 1. The highest BCUT2D eigenvalue weighted by Gasteiger charge is 2.51. The van der Waals surface area contributed by atoms with Gasteiger partial charge in [-0.05, 0) is 36.0 Å². The van der Waals surface area contributed by atoms with Gasteiger partial charge in [0.05, 0.1) is 6.10 Å². The van der Waals surface area contributed by atoms with Crippen molar-refractivity contribution in [3.05, 3.63) is 71.4 Å². The van der Waals surface area contributed by atoms with Crippen LogP contribution in [-0.2, 0) is 38.6 Å². The molecule has 11 heteroatoms. The molecule has 2 heterocycles. The highest BCUT2D eigenvalue weighted by atomic mass is 16.5. The summed E-state index contributed by atoms with van der Waals surface area (Å²) in [6, 6.07) is 15.0. The molecule has 1 aromatic heterocycles. The van der Waals surface area contributed by atoms with Crippen molar-refractivity contribution in [1.82, 2.24) is 20.5 Å². The van der Waals surface area contributed by atoms with Crippen LogP contribution in [0.3, 0.4) is 0 Å². The second-order valence-electron chi connectivity index (χ2n) is 11.7. The van der Waals surface area contributed by atoms with Crippen molar-refractivity contribution in [2.24, 2.45) is 11.7 Å². The fourth-order valence-electron chi connectivity index (χ4n) is 6.23. The number of rotatable bonds is 9. The standard InChI is InChI=1S/C32H39N5O6/c1-3-19(2)27(35-31(42)43-18-20-9-5-4-6-10-20)29(40)36-32(30(41)37-17-21(38)15-26(37)28(33)39)14-13-25-23(16-32)22-11-7-8-12-24(22)34-25/h4-12,19,21,26-27,34,38H,3,13-18H2,1-2H3,(H2,33,39)(H,35,42)(H,36,40)/t19-,21+,26-,27-,32+/m0/s1. The third-order valence-electron chi connectivity index (χ3n) is 8.80. The molecule has 0 bridgehead atoms. The number of para-hydroxylation sites is 1. The van der Waals surface area contributed by atoms with Crippen LogP contribution in [0.4, 0.5) is 4.79 Å². The summed E-state index contributed by atoms with van der Waals surface area (Å²) in [5.41, 5.74) is 7.81. The van der Waals surface area contributed by atoms with Gasteiger partial charge in [-0.1, -0.05) is 68.8 Å². The minimum atomic E-state index is -1.44. The Hall–Kier alpha value is -4.38. The van der Waals surface area contributed by atoms with Crippen LogP contribution in [-0.4, -0.2) is 69.1 Å². The zero-order chi connectivity index (χ0) is 30.7. The van der Waals surface area contributed by atoms with E-state index in [0.29, 0.717) is 12.8 Å². The van der Waals surface area contributed by atoms with Gasteiger partial charge in [0.2, 0.25) is 17.7 Å². The number of carbonyl (C=O) groups excluding carboxylic acids is 4. The molecular formula is C32H39N5O6. The summed E-state index contributed by atoms with van der Waals surface area (Å²) in [5.74, 6) is -2.00. The number of aryl methyl sites for hydroxylation is 1. The van der Waals surface area contributed by atoms with Crippen molar-refractivity contribution in [1.29, 1.82) is 0 Å². The number of amides is 4. The number of benzene rings is 2. The molecule has 6 N–H and O–H groups in total. The summed E-state index contributed by atoms with van der Waals surface area (Å²) in [4.78, 5) is 58.3. The molecule has 0 saturated carbocycles. The highest BCUT2D eigenvalue weighted by Crippen LogP contribution is 2.36. The summed E-state index contributed by atoms with van der Waals surface area (Å²) in [6.45, 7) is 3.72. The van der Waals surface area contributed by atoms with Gasteiger partial charge >= 0.3 is 6.09 Å². The van der Waals surface area contributed by atoms with E-state index < -0.39 is 47.5 Å². The maximum atomic E-state index is 14.4. The number of ether oxygens (including phenoxy) is 1. The number of fused-ring (bicyclic) bond motifs is 3. The number of carbonyl (C=O) groups is 4. The molecular weight excluding hydrogens is 550 g/mol. The fourth-order valence-corrected chi connectivity index (χ4v) is 6.23. The average Bonchev–Trinajstić information content (AvgIpc) is 3.58. The molecule has 1 saturated heterocycles. The molecule has 5 rings (SSSR count). The van der Waals surface area contributed by atoms with Crippen LogP contribution in [0.25, 0.3) is 10.9 Å². The molecule has 2 aromatic carbocycles. The van der Waals surface area contributed by atoms with E-state index in [-0.39, 0.29) is 38.3 Å². The minimum Gasteiger partial charge on any atom is -0.445 e. The molecule has 0 spiro atoms. The van der Waals surface area contributed by atoms with Crippen LogP contribution in [0, 0.1) is 5.92 Å². The van der Waals surface area contributed by atoms with Crippen LogP contribution in [0.15, 0.2) is 54.6 Å². The van der Waals surface area contributed by atoms with Crippen LogP contribution in [0.2, 0.25) is 0 Å². The van der Waals surface area contributed by atoms with Crippen LogP contribution < -0.4 is 16.4 Å². The zero-order valence-electron chi connectivity index (χ0n) is 24.5. The predicted octanol–water partition coefficient (Wildman–Crippen LogP) is 2.30. The lowest BCUT2D eigenvalue weighted by Gasteiger charge is -2.41. The predicted molar refractivity (Wildman–Crippen MR) is 160 cm³/mol. The number of aromatic amines is 1.